The number of sulfonamides is 1. The highest BCUT2D eigenvalue weighted by Crippen LogP contribution is 2.28. The number of benzene rings is 3. The van der Waals surface area contributed by atoms with Crippen LogP contribution in [0.3, 0.4) is 0 Å². The Morgan fingerprint density at radius 3 is 2.52 bits per heavy atom. The quantitative estimate of drug-likeness (QED) is 0.269. The van der Waals surface area contributed by atoms with Crippen LogP contribution in [0.1, 0.15) is 11.3 Å². The summed E-state index contributed by atoms with van der Waals surface area (Å²) in [6, 6.07) is 20.1. The number of nitrogens with zero attached hydrogens (tertiary/aromatic N) is 2. The number of fused-ring (bicyclic) bond motifs is 1. The summed E-state index contributed by atoms with van der Waals surface area (Å²) in [6.07, 6.45) is 1.25. The molecule has 0 atom stereocenters. The molecule has 0 bridgehead atoms. The molecule has 0 spiro atoms. The van der Waals surface area contributed by atoms with Crippen molar-refractivity contribution in [2.24, 2.45) is 5.10 Å². The minimum absolute atomic E-state index is 0.00214. The summed E-state index contributed by atoms with van der Waals surface area (Å²) in [5, 5.41) is 16.4. The summed E-state index contributed by atoms with van der Waals surface area (Å²) in [5.74, 6) is 0.820. The Hall–Kier alpha value is -3.98. The lowest BCUT2D eigenvalue weighted by Gasteiger charge is -2.05. The van der Waals surface area contributed by atoms with Gasteiger partial charge in [0.25, 0.3) is 15.7 Å². The molecule has 4 rings (SSSR count). The lowest BCUT2D eigenvalue weighted by Crippen LogP contribution is -2.18. The van der Waals surface area contributed by atoms with Crippen LogP contribution in [0.25, 0.3) is 22.1 Å². The van der Waals surface area contributed by atoms with Crippen LogP contribution in [0.4, 0.5) is 5.69 Å². The Balaban J connectivity index is 1.50. The van der Waals surface area contributed by atoms with Gasteiger partial charge in [-0.3, -0.25) is 10.1 Å². The standard InChI is InChI=1S/C22H17N3O5S/c1-15-12-18(25(26)27)7-10-21(15)22-11-8-19(30-22)14-23-24-31(28,29)20-9-6-16-4-2-3-5-17(16)13-20/h2-14,24H,1H3/b23-14-. The highest BCUT2D eigenvalue weighted by Gasteiger charge is 2.14. The summed E-state index contributed by atoms with van der Waals surface area (Å²) in [5.41, 5.74) is 1.38. The number of nitro benzene ring substituents is 1. The Bertz CT molecular complexity index is 1420. The summed E-state index contributed by atoms with van der Waals surface area (Å²) < 4.78 is 30.7. The van der Waals surface area contributed by atoms with Gasteiger partial charge in [0.1, 0.15) is 11.5 Å². The largest absolute Gasteiger partial charge is 0.455 e. The van der Waals surface area contributed by atoms with Crippen molar-refractivity contribution < 1.29 is 17.8 Å². The average molecular weight is 435 g/mol. The molecule has 0 fully saturated rings. The topological polar surface area (TPSA) is 115 Å². The maximum Gasteiger partial charge on any atom is 0.276 e. The molecule has 0 saturated heterocycles. The van der Waals surface area contributed by atoms with E-state index < -0.39 is 14.9 Å². The zero-order valence-electron chi connectivity index (χ0n) is 16.3. The molecule has 4 aromatic rings. The third-order valence-electron chi connectivity index (χ3n) is 4.71. The van der Waals surface area contributed by atoms with Crippen LogP contribution in [0.5, 0.6) is 0 Å². The van der Waals surface area contributed by atoms with Crippen LogP contribution in [0, 0.1) is 17.0 Å². The SMILES string of the molecule is Cc1cc([N+](=O)[O-])ccc1-c1ccc(/C=N\NS(=O)(=O)c2ccc3ccccc3c2)o1. The van der Waals surface area contributed by atoms with Crippen molar-refractivity contribution in [3.8, 4) is 11.3 Å². The van der Waals surface area contributed by atoms with Gasteiger partial charge in [-0.25, -0.2) is 0 Å². The summed E-state index contributed by atoms with van der Waals surface area (Å²) in [7, 11) is -3.84. The molecule has 0 aliphatic rings. The normalized spacial score (nSPS) is 11.8. The van der Waals surface area contributed by atoms with Gasteiger partial charge in [-0.2, -0.15) is 18.4 Å². The van der Waals surface area contributed by atoms with E-state index in [2.05, 4.69) is 9.93 Å². The zero-order valence-corrected chi connectivity index (χ0v) is 17.2. The molecule has 0 aliphatic heterocycles. The molecule has 0 saturated carbocycles. The molecule has 1 heterocycles. The number of furan rings is 1. The molecule has 8 nitrogen and oxygen atoms in total. The number of aryl methyl sites for hydroxylation is 1. The number of hydrazone groups is 1. The van der Waals surface area contributed by atoms with Gasteiger partial charge in [-0.1, -0.05) is 30.3 Å². The third-order valence-corrected chi connectivity index (χ3v) is 5.93. The van der Waals surface area contributed by atoms with Gasteiger partial charge in [0, 0.05) is 17.7 Å². The van der Waals surface area contributed by atoms with Gasteiger partial charge < -0.3 is 4.42 Å². The Morgan fingerprint density at radius 2 is 1.77 bits per heavy atom. The van der Waals surface area contributed by atoms with Gasteiger partial charge in [0.2, 0.25) is 0 Å². The first kappa shape index (κ1) is 20.3. The third kappa shape index (κ3) is 4.31. The maximum atomic E-state index is 12.5. The van der Waals surface area contributed by atoms with Gasteiger partial charge in [0.15, 0.2) is 0 Å². The van der Waals surface area contributed by atoms with Gasteiger partial charge >= 0.3 is 0 Å². The number of nitrogens with one attached hydrogen (secondary N) is 1. The molecule has 0 unspecified atom stereocenters. The van der Waals surface area contributed by atoms with Crippen molar-refractivity contribution >= 4 is 32.7 Å². The molecular formula is C22H17N3O5S. The first-order valence-corrected chi connectivity index (χ1v) is 10.7. The van der Waals surface area contributed by atoms with E-state index in [1.807, 2.05) is 24.3 Å². The van der Waals surface area contributed by atoms with E-state index in [1.165, 1.54) is 24.4 Å². The molecule has 3 aromatic carbocycles. The Morgan fingerprint density at radius 1 is 1.00 bits per heavy atom. The molecule has 0 aliphatic carbocycles. The lowest BCUT2D eigenvalue weighted by atomic mass is 10.1. The number of nitro groups is 1. The highest BCUT2D eigenvalue weighted by atomic mass is 32.2. The fourth-order valence-corrected chi connectivity index (χ4v) is 3.98. The monoisotopic (exact) mass is 435 g/mol. The first-order valence-electron chi connectivity index (χ1n) is 9.22. The van der Waals surface area contributed by atoms with E-state index >= 15 is 0 Å². The average Bonchev–Trinajstić information content (AvgIpc) is 3.21. The summed E-state index contributed by atoms with van der Waals surface area (Å²) in [4.78, 5) is 12.7. The van der Waals surface area contributed by atoms with E-state index in [0.29, 0.717) is 22.6 Å². The van der Waals surface area contributed by atoms with E-state index in [0.717, 1.165) is 10.8 Å². The molecule has 0 amide bonds. The second-order valence-corrected chi connectivity index (χ2v) is 8.48. The number of hydrogen-bond acceptors (Lipinski definition) is 6. The minimum Gasteiger partial charge on any atom is -0.455 e. The van der Waals surface area contributed by atoms with Gasteiger partial charge in [0.05, 0.1) is 16.0 Å². The Labute approximate surface area is 178 Å². The predicted molar refractivity (Wildman–Crippen MR) is 117 cm³/mol. The summed E-state index contributed by atoms with van der Waals surface area (Å²) in [6.45, 7) is 1.75. The van der Waals surface area contributed by atoms with Gasteiger partial charge in [-0.05, 0) is 53.6 Å². The molecule has 156 valence electrons. The van der Waals surface area contributed by atoms with Crippen LogP contribution in [0.2, 0.25) is 0 Å². The predicted octanol–water partition coefficient (Wildman–Crippen LogP) is 4.63. The Kier molecular flexibility index (Phi) is 5.26. The minimum atomic E-state index is -3.84. The van der Waals surface area contributed by atoms with Crippen LogP contribution in [-0.4, -0.2) is 19.6 Å². The van der Waals surface area contributed by atoms with Crippen molar-refractivity contribution in [3.63, 3.8) is 0 Å². The first-order chi connectivity index (χ1) is 14.8. The van der Waals surface area contributed by atoms with Crippen LogP contribution < -0.4 is 4.83 Å². The molecular weight excluding hydrogens is 418 g/mol. The van der Waals surface area contributed by atoms with E-state index in [1.54, 1.807) is 37.3 Å². The van der Waals surface area contributed by atoms with E-state index in [9.17, 15) is 18.5 Å². The van der Waals surface area contributed by atoms with Crippen LogP contribution in [0.15, 0.2) is 87.2 Å². The molecule has 1 aromatic heterocycles. The van der Waals surface area contributed by atoms with Crippen LogP contribution in [-0.2, 0) is 10.0 Å². The van der Waals surface area contributed by atoms with Crippen molar-refractivity contribution in [1.29, 1.82) is 0 Å². The van der Waals surface area contributed by atoms with Crippen LogP contribution >= 0.6 is 0 Å². The van der Waals surface area contributed by atoms with E-state index in [-0.39, 0.29) is 10.6 Å². The van der Waals surface area contributed by atoms with Crippen molar-refractivity contribution in [3.05, 3.63) is 94.2 Å². The molecule has 9 heteroatoms. The number of rotatable bonds is 6. The maximum absolute atomic E-state index is 12.5. The summed E-state index contributed by atoms with van der Waals surface area (Å²) >= 11 is 0. The second kappa shape index (κ2) is 8.04. The lowest BCUT2D eigenvalue weighted by molar-refractivity contribution is -0.384. The highest BCUT2D eigenvalue weighted by molar-refractivity contribution is 7.89. The van der Waals surface area contributed by atoms with Crippen molar-refractivity contribution in [1.82, 2.24) is 4.83 Å². The fraction of sp³-hybridized carbons (Fsp3) is 0.0455. The fourth-order valence-electron chi connectivity index (χ4n) is 3.15. The molecule has 31 heavy (non-hydrogen) atoms. The molecule has 0 radical (unpaired) electrons. The smallest absolute Gasteiger partial charge is 0.276 e. The van der Waals surface area contributed by atoms with Gasteiger partial charge in [-0.15, -0.1) is 0 Å². The second-order valence-electron chi connectivity index (χ2n) is 6.82. The van der Waals surface area contributed by atoms with E-state index in [4.69, 9.17) is 4.42 Å². The van der Waals surface area contributed by atoms with Crippen molar-refractivity contribution in [2.45, 2.75) is 11.8 Å². The molecule has 1 N–H and O–H groups in total. The zero-order chi connectivity index (χ0) is 22.0. The number of hydrogen-bond donors (Lipinski definition) is 1. The van der Waals surface area contributed by atoms with Crippen molar-refractivity contribution in [2.75, 3.05) is 0 Å². The number of non-ortho nitro benzene ring substituents is 1.